The van der Waals surface area contributed by atoms with Gasteiger partial charge in [0.1, 0.15) is 0 Å². The molecule has 0 unspecified atom stereocenters. The van der Waals surface area contributed by atoms with E-state index in [-0.39, 0.29) is 5.91 Å². The lowest BCUT2D eigenvalue weighted by Crippen LogP contribution is -2.41. The second kappa shape index (κ2) is 12.3. The molecule has 6 nitrogen and oxygen atoms in total. The van der Waals surface area contributed by atoms with E-state index in [1.807, 2.05) is 7.05 Å². The van der Waals surface area contributed by atoms with Gasteiger partial charge in [-0.05, 0) is 19.4 Å². The number of carbonyl (C=O) groups is 1. The van der Waals surface area contributed by atoms with Gasteiger partial charge in [-0.15, -0.1) is 0 Å². The normalized spacial score (nSPS) is 11.0. The van der Waals surface area contributed by atoms with Crippen molar-refractivity contribution in [3.63, 3.8) is 0 Å². The lowest BCUT2D eigenvalue weighted by atomic mass is 10.3. The summed E-state index contributed by atoms with van der Waals surface area (Å²) in [6, 6.07) is 0. The van der Waals surface area contributed by atoms with Crippen LogP contribution in [-0.4, -0.2) is 82.9 Å². The zero-order chi connectivity index (χ0) is 14.5. The number of nitrogens with zero attached hydrogens (tertiary/aromatic N) is 2. The molecule has 19 heavy (non-hydrogen) atoms. The molecule has 6 heteroatoms. The van der Waals surface area contributed by atoms with Gasteiger partial charge >= 0.3 is 0 Å². The molecule has 0 spiro atoms. The van der Waals surface area contributed by atoms with E-state index in [9.17, 15) is 4.79 Å². The molecule has 0 rings (SSSR count). The van der Waals surface area contributed by atoms with Gasteiger partial charge in [-0.2, -0.15) is 0 Å². The standard InChI is InChI=1S/C13H29N3O3/c1-15(7-4-6-14)13(17)12-16(9-11-19-3)8-5-10-18-2/h4-12,14H2,1-3H3. The third-order valence-electron chi connectivity index (χ3n) is 2.92. The van der Waals surface area contributed by atoms with Crippen molar-refractivity contribution < 1.29 is 14.3 Å². The summed E-state index contributed by atoms with van der Waals surface area (Å²) in [5, 5.41) is 0. The number of nitrogens with two attached hydrogens (primary N) is 1. The molecule has 0 heterocycles. The van der Waals surface area contributed by atoms with E-state index in [0.29, 0.717) is 32.8 Å². The summed E-state index contributed by atoms with van der Waals surface area (Å²) in [7, 11) is 5.18. The third kappa shape index (κ3) is 9.84. The monoisotopic (exact) mass is 275 g/mol. The summed E-state index contributed by atoms with van der Waals surface area (Å²) in [4.78, 5) is 15.9. The Bertz CT molecular complexity index is 227. The molecule has 114 valence electrons. The number of hydrogen-bond donors (Lipinski definition) is 1. The van der Waals surface area contributed by atoms with Gasteiger partial charge in [0, 0.05) is 47.5 Å². The first-order chi connectivity index (χ1) is 9.15. The zero-order valence-corrected chi connectivity index (χ0v) is 12.6. The first-order valence-corrected chi connectivity index (χ1v) is 6.80. The lowest BCUT2D eigenvalue weighted by molar-refractivity contribution is -0.131. The van der Waals surface area contributed by atoms with Crippen LogP contribution in [0.1, 0.15) is 12.8 Å². The van der Waals surface area contributed by atoms with E-state index in [1.165, 1.54) is 0 Å². The van der Waals surface area contributed by atoms with Gasteiger partial charge in [0.15, 0.2) is 0 Å². The molecule has 0 aliphatic rings. The molecule has 0 atom stereocenters. The molecule has 0 aromatic carbocycles. The van der Waals surface area contributed by atoms with Crippen LogP contribution in [0.15, 0.2) is 0 Å². The average Bonchev–Trinajstić information content (AvgIpc) is 2.41. The molecule has 0 aliphatic heterocycles. The maximum Gasteiger partial charge on any atom is 0.236 e. The van der Waals surface area contributed by atoms with Crippen molar-refractivity contribution >= 4 is 5.91 Å². The van der Waals surface area contributed by atoms with Crippen molar-refractivity contribution in [2.75, 3.05) is 67.2 Å². The molecule has 0 fully saturated rings. The van der Waals surface area contributed by atoms with Crippen LogP contribution >= 0.6 is 0 Å². The Morgan fingerprint density at radius 2 is 1.74 bits per heavy atom. The highest BCUT2D eigenvalue weighted by molar-refractivity contribution is 5.77. The minimum Gasteiger partial charge on any atom is -0.385 e. The van der Waals surface area contributed by atoms with Crippen molar-refractivity contribution in [2.45, 2.75) is 12.8 Å². The maximum atomic E-state index is 12.0. The summed E-state index contributed by atoms with van der Waals surface area (Å²) in [5.41, 5.74) is 5.45. The number of rotatable bonds is 12. The molecule has 2 N–H and O–H groups in total. The molecule has 0 aromatic heterocycles. The molecule has 0 aromatic rings. The highest BCUT2D eigenvalue weighted by atomic mass is 16.5. The van der Waals surface area contributed by atoms with Gasteiger partial charge in [-0.1, -0.05) is 0 Å². The van der Waals surface area contributed by atoms with Crippen molar-refractivity contribution in [1.29, 1.82) is 0 Å². The molecule has 0 bridgehead atoms. The number of hydrogen-bond acceptors (Lipinski definition) is 5. The van der Waals surface area contributed by atoms with Crippen molar-refractivity contribution in [3.8, 4) is 0 Å². The van der Waals surface area contributed by atoms with E-state index < -0.39 is 0 Å². The van der Waals surface area contributed by atoms with Crippen LogP contribution in [-0.2, 0) is 14.3 Å². The van der Waals surface area contributed by atoms with Crippen molar-refractivity contribution in [1.82, 2.24) is 9.80 Å². The van der Waals surface area contributed by atoms with Crippen LogP contribution < -0.4 is 5.73 Å². The Labute approximate surface area is 116 Å². The Hall–Kier alpha value is -0.690. The Morgan fingerprint density at radius 1 is 1.05 bits per heavy atom. The predicted octanol–water partition coefficient (Wildman–Crippen LogP) is -0.221. The van der Waals surface area contributed by atoms with Gasteiger partial charge in [0.2, 0.25) is 5.91 Å². The van der Waals surface area contributed by atoms with Gasteiger partial charge < -0.3 is 20.1 Å². The van der Waals surface area contributed by atoms with E-state index in [2.05, 4.69) is 4.90 Å². The number of amides is 1. The maximum absolute atomic E-state index is 12.0. The minimum absolute atomic E-state index is 0.127. The molecular weight excluding hydrogens is 246 g/mol. The molecule has 0 radical (unpaired) electrons. The average molecular weight is 275 g/mol. The predicted molar refractivity (Wildman–Crippen MR) is 76.1 cm³/mol. The van der Waals surface area contributed by atoms with E-state index in [1.54, 1.807) is 19.1 Å². The fourth-order valence-electron chi connectivity index (χ4n) is 1.69. The number of methoxy groups -OCH3 is 2. The molecule has 0 saturated heterocycles. The minimum atomic E-state index is 0.127. The first-order valence-electron chi connectivity index (χ1n) is 6.80. The second-order valence-electron chi connectivity index (χ2n) is 4.57. The van der Waals surface area contributed by atoms with E-state index >= 15 is 0 Å². The summed E-state index contributed by atoms with van der Waals surface area (Å²) in [6.45, 7) is 4.69. The van der Waals surface area contributed by atoms with E-state index in [0.717, 1.165) is 25.9 Å². The molecule has 0 aliphatic carbocycles. The molecular formula is C13H29N3O3. The summed E-state index contributed by atoms with van der Waals surface area (Å²) < 4.78 is 10.1. The molecule has 1 amide bonds. The van der Waals surface area contributed by atoms with Crippen LogP contribution in [0, 0.1) is 0 Å². The topological polar surface area (TPSA) is 68.0 Å². The van der Waals surface area contributed by atoms with Gasteiger partial charge in [0.05, 0.1) is 13.2 Å². The Balaban J connectivity index is 4.08. The van der Waals surface area contributed by atoms with Gasteiger partial charge in [-0.3, -0.25) is 9.69 Å². The largest absolute Gasteiger partial charge is 0.385 e. The quantitative estimate of drug-likeness (QED) is 0.499. The number of likely N-dealkylation sites (N-methyl/N-ethyl adjacent to an activating group) is 1. The van der Waals surface area contributed by atoms with E-state index in [4.69, 9.17) is 15.2 Å². The van der Waals surface area contributed by atoms with Crippen LogP contribution in [0.25, 0.3) is 0 Å². The van der Waals surface area contributed by atoms with Crippen molar-refractivity contribution in [2.24, 2.45) is 5.73 Å². The third-order valence-corrected chi connectivity index (χ3v) is 2.92. The molecule has 0 saturated carbocycles. The SMILES string of the molecule is COCCCN(CCOC)CC(=O)N(C)CCCN. The highest BCUT2D eigenvalue weighted by Gasteiger charge is 2.13. The Kier molecular flexibility index (Phi) is 11.9. The van der Waals surface area contributed by atoms with Crippen LogP contribution in [0.5, 0.6) is 0 Å². The summed E-state index contributed by atoms with van der Waals surface area (Å²) in [5.74, 6) is 0.127. The van der Waals surface area contributed by atoms with Gasteiger partial charge in [-0.25, -0.2) is 0 Å². The van der Waals surface area contributed by atoms with Gasteiger partial charge in [0.25, 0.3) is 0 Å². The number of ether oxygens (including phenoxy) is 2. The zero-order valence-electron chi connectivity index (χ0n) is 12.6. The second-order valence-corrected chi connectivity index (χ2v) is 4.57. The summed E-state index contributed by atoms with van der Waals surface area (Å²) in [6.07, 6.45) is 1.75. The van der Waals surface area contributed by atoms with Crippen LogP contribution in [0.4, 0.5) is 0 Å². The highest BCUT2D eigenvalue weighted by Crippen LogP contribution is 1.96. The smallest absolute Gasteiger partial charge is 0.236 e. The van der Waals surface area contributed by atoms with Crippen molar-refractivity contribution in [3.05, 3.63) is 0 Å². The first kappa shape index (κ1) is 18.3. The van der Waals surface area contributed by atoms with Crippen LogP contribution in [0.3, 0.4) is 0 Å². The lowest BCUT2D eigenvalue weighted by Gasteiger charge is -2.24. The summed E-state index contributed by atoms with van der Waals surface area (Å²) >= 11 is 0. The fraction of sp³-hybridized carbons (Fsp3) is 0.923. The fourth-order valence-corrected chi connectivity index (χ4v) is 1.69. The van der Waals surface area contributed by atoms with Crippen LogP contribution in [0.2, 0.25) is 0 Å². The Morgan fingerprint density at radius 3 is 2.32 bits per heavy atom. The number of carbonyl (C=O) groups excluding carboxylic acids is 1.